The monoisotopic (exact) mass is 407 g/mol. The maximum Gasteiger partial charge on any atom is 0.265 e. The third-order valence-electron chi connectivity index (χ3n) is 5.06. The van der Waals surface area contributed by atoms with Gasteiger partial charge in [0.15, 0.2) is 6.54 Å². The van der Waals surface area contributed by atoms with E-state index in [-0.39, 0.29) is 5.75 Å². The van der Waals surface area contributed by atoms with E-state index < -0.39 is 10.1 Å². The van der Waals surface area contributed by atoms with Gasteiger partial charge in [-0.2, -0.15) is 13.0 Å². The minimum atomic E-state index is -3.97. The van der Waals surface area contributed by atoms with Gasteiger partial charge < -0.3 is 4.98 Å². The van der Waals surface area contributed by atoms with Gasteiger partial charge in [-0.15, -0.1) is 0 Å². The summed E-state index contributed by atoms with van der Waals surface area (Å²) in [5.74, 6) is -0.256. The molecule has 0 fully saturated rings. The molecule has 148 valence electrons. The van der Waals surface area contributed by atoms with Crippen molar-refractivity contribution in [2.75, 3.05) is 5.75 Å². The van der Waals surface area contributed by atoms with Crippen LogP contribution in [-0.4, -0.2) is 23.7 Å². The predicted molar refractivity (Wildman–Crippen MR) is 117 cm³/mol. The normalized spacial score (nSPS) is 12.3. The Morgan fingerprint density at radius 1 is 1.07 bits per heavy atom. The van der Waals surface area contributed by atoms with Gasteiger partial charge in [-0.25, -0.2) is 0 Å². The first-order valence-electron chi connectivity index (χ1n) is 9.53. The summed E-state index contributed by atoms with van der Waals surface area (Å²) in [7, 11) is -3.97. The summed E-state index contributed by atoms with van der Waals surface area (Å²) in [5, 5.41) is 2.25. The lowest BCUT2D eigenvalue weighted by atomic mass is 10.1. The number of hydrogen-bond donors (Lipinski definition) is 2. The highest BCUT2D eigenvalue weighted by atomic mass is 32.2. The molecule has 4 rings (SSSR count). The summed E-state index contributed by atoms with van der Waals surface area (Å²) in [6, 6.07) is 18.5. The summed E-state index contributed by atoms with van der Waals surface area (Å²) in [5.41, 5.74) is 5.36. The van der Waals surface area contributed by atoms with E-state index in [0.717, 1.165) is 33.1 Å². The van der Waals surface area contributed by atoms with Crippen molar-refractivity contribution < 1.29 is 17.5 Å². The third kappa shape index (κ3) is 4.39. The average Bonchev–Trinajstić information content (AvgIpc) is 3.09. The van der Waals surface area contributed by atoms with Gasteiger partial charge in [0.25, 0.3) is 10.1 Å². The summed E-state index contributed by atoms with van der Waals surface area (Å²) >= 11 is 0. The number of nitrogens with one attached hydrogen (secondary N) is 1. The molecule has 0 aliphatic carbocycles. The quantitative estimate of drug-likeness (QED) is 0.368. The standard InChI is InChI=1S/C23H22N2O3S/c1-17-7-12-23-18(15-17)8-10-20(25(23)13-4-14-29(26,27)28)11-9-19-16-24-22-6-3-2-5-21(19)22/h2-3,5-12,15-16H,4,13-14H2,1H3,(H,26,27,28)/p+1. The van der Waals surface area contributed by atoms with Crippen LogP contribution in [0.15, 0.2) is 60.8 Å². The van der Waals surface area contributed by atoms with Crippen LogP contribution in [0.5, 0.6) is 0 Å². The number of fused-ring (bicyclic) bond motifs is 2. The zero-order chi connectivity index (χ0) is 20.4. The maximum absolute atomic E-state index is 11.1. The second-order valence-corrected chi connectivity index (χ2v) is 8.81. The summed E-state index contributed by atoms with van der Waals surface area (Å²) in [4.78, 5) is 3.27. The van der Waals surface area contributed by atoms with Crippen molar-refractivity contribution in [1.82, 2.24) is 4.98 Å². The molecule has 2 aromatic carbocycles. The molecule has 0 radical (unpaired) electrons. The molecule has 2 heterocycles. The Labute approximate surface area is 170 Å². The smallest absolute Gasteiger partial charge is 0.265 e. The zero-order valence-electron chi connectivity index (χ0n) is 16.2. The first-order chi connectivity index (χ1) is 13.9. The molecule has 0 bridgehead atoms. The predicted octanol–water partition coefficient (Wildman–Crippen LogP) is 4.37. The molecule has 0 saturated heterocycles. The molecule has 0 amide bonds. The molecular weight excluding hydrogens is 384 g/mol. The van der Waals surface area contributed by atoms with E-state index in [4.69, 9.17) is 4.55 Å². The van der Waals surface area contributed by atoms with Gasteiger partial charge in [-0.05, 0) is 36.8 Å². The number of aromatic nitrogens is 2. The van der Waals surface area contributed by atoms with Gasteiger partial charge in [0.1, 0.15) is 0 Å². The highest BCUT2D eigenvalue weighted by molar-refractivity contribution is 7.85. The first kappa shape index (κ1) is 19.4. The van der Waals surface area contributed by atoms with Crippen molar-refractivity contribution in [2.24, 2.45) is 0 Å². The number of benzene rings is 2. The van der Waals surface area contributed by atoms with Gasteiger partial charge in [-0.1, -0.05) is 29.8 Å². The molecule has 0 unspecified atom stereocenters. The number of hydrogen-bond acceptors (Lipinski definition) is 2. The van der Waals surface area contributed by atoms with E-state index in [9.17, 15) is 8.42 Å². The van der Waals surface area contributed by atoms with E-state index in [1.165, 1.54) is 5.56 Å². The van der Waals surface area contributed by atoms with Gasteiger partial charge >= 0.3 is 0 Å². The van der Waals surface area contributed by atoms with Crippen molar-refractivity contribution in [3.63, 3.8) is 0 Å². The average molecular weight is 408 g/mol. The molecule has 0 aliphatic rings. The SMILES string of the molecule is Cc1ccc2c(ccc(C=Cc3c[nH]c4ccccc34)[n+]2CCCS(=O)(=O)O)c1. The molecule has 5 nitrogen and oxygen atoms in total. The van der Waals surface area contributed by atoms with Crippen LogP contribution in [0, 0.1) is 6.92 Å². The van der Waals surface area contributed by atoms with Gasteiger partial charge in [0, 0.05) is 47.1 Å². The molecule has 0 saturated carbocycles. The largest absolute Gasteiger partial charge is 0.361 e. The number of rotatable bonds is 6. The number of aryl methyl sites for hydroxylation is 2. The Balaban J connectivity index is 1.74. The molecule has 2 aromatic heterocycles. The Hall–Kier alpha value is -2.96. The number of nitrogens with zero attached hydrogens (tertiary/aromatic N) is 1. The molecule has 4 aromatic rings. The third-order valence-corrected chi connectivity index (χ3v) is 5.86. The van der Waals surface area contributed by atoms with Crippen LogP contribution in [0.4, 0.5) is 0 Å². The van der Waals surface area contributed by atoms with Crippen molar-refractivity contribution in [2.45, 2.75) is 19.9 Å². The summed E-state index contributed by atoms with van der Waals surface area (Å²) < 4.78 is 33.5. The van der Waals surface area contributed by atoms with Crippen molar-refractivity contribution in [1.29, 1.82) is 0 Å². The maximum atomic E-state index is 11.1. The van der Waals surface area contributed by atoms with Gasteiger partial charge in [0.2, 0.25) is 11.2 Å². The van der Waals surface area contributed by atoms with Gasteiger partial charge in [-0.3, -0.25) is 4.55 Å². The second kappa shape index (κ2) is 7.81. The zero-order valence-corrected chi connectivity index (χ0v) is 17.0. The Bertz CT molecular complexity index is 1320. The number of aromatic amines is 1. The lowest BCUT2D eigenvalue weighted by Gasteiger charge is -2.06. The lowest BCUT2D eigenvalue weighted by Crippen LogP contribution is -2.38. The first-order valence-corrected chi connectivity index (χ1v) is 11.1. The molecule has 6 heteroatoms. The second-order valence-electron chi connectivity index (χ2n) is 7.23. The van der Waals surface area contributed by atoms with Crippen molar-refractivity contribution in [3.05, 3.63) is 77.6 Å². The van der Waals surface area contributed by atoms with Crippen LogP contribution < -0.4 is 4.57 Å². The number of H-pyrrole nitrogens is 1. The topological polar surface area (TPSA) is 74.0 Å². The molecule has 2 N–H and O–H groups in total. The molecular formula is C23H23N2O3S+. The van der Waals surface area contributed by atoms with Crippen LogP contribution in [0.2, 0.25) is 0 Å². The minimum absolute atomic E-state index is 0.256. The van der Waals surface area contributed by atoms with Crippen LogP contribution >= 0.6 is 0 Å². The lowest BCUT2D eigenvalue weighted by molar-refractivity contribution is -0.673. The Morgan fingerprint density at radius 3 is 2.72 bits per heavy atom. The summed E-state index contributed by atoms with van der Waals surface area (Å²) in [6.07, 6.45) is 6.43. The van der Waals surface area contributed by atoms with Crippen LogP contribution in [-0.2, 0) is 16.7 Å². The highest BCUT2D eigenvalue weighted by Gasteiger charge is 2.16. The van der Waals surface area contributed by atoms with E-state index in [0.29, 0.717) is 13.0 Å². The fourth-order valence-corrected chi connectivity index (χ4v) is 4.16. The highest BCUT2D eigenvalue weighted by Crippen LogP contribution is 2.20. The van der Waals surface area contributed by atoms with E-state index in [2.05, 4.69) is 46.0 Å². The molecule has 29 heavy (non-hydrogen) atoms. The van der Waals surface area contributed by atoms with Crippen molar-refractivity contribution in [3.8, 4) is 0 Å². The molecule has 0 spiro atoms. The molecule has 0 aliphatic heterocycles. The molecule has 0 atom stereocenters. The van der Waals surface area contributed by atoms with E-state index in [1.807, 2.05) is 43.5 Å². The van der Waals surface area contributed by atoms with E-state index >= 15 is 0 Å². The Kier molecular flexibility index (Phi) is 5.22. The Morgan fingerprint density at radius 2 is 1.90 bits per heavy atom. The van der Waals surface area contributed by atoms with Crippen LogP contribution in [0.3, 0.4) is 0 Å². The fraction of sp³-hybridized carbons (Fsp3) is 0.174. The minimum Gasteiger partial charge on any atom is -0.361 e. The van der Waals surface area contributed by atoms with Crippen LogP contribution in [0.1, 0.15) is 23.2 Å². The van der Waals surface area contributed by atoms with Crippen LogP contribution in [0.25, 0.3) is 34.0 Å². The van der Waals surface area contributed by atoms with Crippen molar-refractivity contribution >= 4 is 44.1 Å². The van der Waals surface area contributed by atoms with E-state index in [1.54, 1.807) is 0 Å². The number of pyridine rings is 1. The fourth-order valence-electron chi connectivity index (χ4n) is 3.66. The van der Waals surface area contributed by atoms with Gasteiger partial charge in [0.05, 0.1) is 5.75 Å². The number of para-hydroxylation sites is 1. The summed E-state index contributed by atoms with van der Waals surface area (Å²) in [6.45, 7) is 2.54.